The summed E-state index contributed by atoms with van der Waals surface area (Å²) in [5.41, 5.74) is 0.108. The number of sulfonamides is 1. The van der Waals surface area contributed by atoms with Crippen LogP contribution in [-0.2, 0) is 10.0 Å². The van der Waals surface area contributed by atoms with Gasteiger partial charge in [0.05, 0.1) is 15.5 Å². The Morgan fingerprint density at radius 2 is 2.11 bits per heavy atom. The van der Waals surface area contributed by atoms with E-state index in [1.165, 1.54) is 18.2 Å². The topological polar surface area (TPSA) is 89.3 Å². The van der Waals surface area contributed by atoms with Crippen LogP contribution in [0.25, 0.3) is 0 Å². The number of carbonyl (C=O) groups excluding carboxylic acids is 1. The van der Waals surface area contributed by atoms with Crippen LogP contribution in [0.1, 0.15) is 37.0 Å². The van der Waals surface area contributed by atoms with Crippen molar-refractivity contribution in [1.29, 1.82) is 0 Å². The summed E-state index contributed by atoms with van der Waals surface area (Å²) in [7, 11) is -3.85. The van der Waals surface area contributed by atoms with Crippen LogP contribution in [-0.4, -0.2) is 20.4 Å². The van der Waals surface area contributed by atoms with Crippen molar-refractivity contribution in [2.75, 3.05) is 0 Å². The molecule has 0 spiro atoms. The zero-order valence-corrected chi connectivity index (χ0v) is 12.4. The molecule has 0 saturated heterocycles. The number of hydrogen-bond donors (Lipinski definition) is 2. The van der Waals surface area contributed by atoms with E-state index in [0.29, 0.717) is 0 Å². The molecular formula is C12H17ClN2O3S. The molecule has 0 heterocycles. The molecular weight excluding hydrogens is 288 g/mol. The monoisotopic (exact) mass is 304 g/mol. The summed E-state index contributed by atoms with van der Waals surface area (Å²) >= 11 is 5.91. The van der Waals surface area contributed by atoms with Crippen LogP contribution in [0.2, 0.25) is 5.02 Å². The second-order valence-corrected chi connectivity index (χ2v) is 6.32. The Labute approximate surface area is 118 Å². The molecule has 1 aromatic carbocycles. The molecule has 1 unspecified atom stereocenters. The Morgan fingerprint density at radius 3 is 2.63 bits per heavy atom. The highest BCUT2D eigenvalue weighted by molar-refractivity contribution is 7.89. The van der Waals surface area contributed by atoms with Gasteiger partial charge in [0, 0.05) is 6.04 Å². The predicted octanol–water partition coefficient (Wildman–Crippen LogP) is 1.91. The average Bonchev–Trinajstić information content (AvgIpc) is 2.27. The maximum Gasteiger partial charge on any atom is 0.253 e. The van der Waals surface area contributed by atoms with E-state index >= 15 is 0 Å². The van der Waals surface area contributed by atoms with Crippen LogP contribution in [0.5, 0.6) is 0 Å². The summed E-state index contributed by atoms with van der Waals surface area (Å²) in [5.74, 6) is -0.406. The van der Waals surface area contributed by atoms with Gasteiger partial charge in [-0.25, -0.2) is 13.6 Å². The number of hydrogen-bond acceptors (Lipinski definition) is 3. The summed E-state index contributed by atoms with van der Waals surface area (Å²) in [4.78, 5) is 11.9. The van der Waals surface area contributed by atoms with Crippen LogP contribution in [0.15, 0.2) is 23.1 Å². The van der Waals surface area contributed by atoms with Crippen LogP contribution < -0.4 is 10.5 Å². The van der Waals surface area contributed by atoms with E-state index in [0.717, 1.165) is 12.8 Å². The quantitative estimate of drug-likeness (QED) is 0.870. The molecule has 0 radical (unpaired) electrons. The third kappa shape index (κ3) is 4.49. The second-order valence-electron chi connectivity index (χ2n) is 4.35. The third-order valence-electron chi connectivity index (χ3n) is 2.61. The number of primary sulfonamides is 1. The van der Waals surface area contributed by atoms with Gasteiger partial charge in [-0.2, -0.15) is 0 Å². The Morgan fingerprint density at radius 1 is 1.47 bits per heavy atom. The number of benzene rings is 1. The molecule has 0 fully saturated rings. The van der Waals surface area contributed by atoms with E-state index in [9.17, 15) is 13.2 Å². The number of carbonyl (C=O) groups is 1. The zero-order valence-electron chi connectivity index (χ0n) is 10.8. The summed E-state index contributed by atoms with van der Waals surface area (Å²) in [6.45, 7) is 3.89. The number of nitrogens with two attached hydrogens (primary N) is 1. The Hall–Kier alpha value is -1.11. The molecule has 0 aliphatic rings. The van der Waals surface area contributed by atoms with Crippen molar-refractivity contribution in [3.05, 3.63) is 28.8 Å². The van der Waals surface area contributed by atoms with Crippen LogP contribution in [0.4, 0.5) is 0 Å². The van der Waals surface area contributed by atoms with E-state index in [2.05, 4.69) is 5.32 Å². The first kappa shape index (κ1) is 15.9. The van der Waals surface area contributed by atoms with Crippen LogP contribution in [0, 0.1) is 0 Å². The minimum atomic E-state index is -3.85. The van der Waals surface area contributed by atoms with Crippen molar-refractivity contribution in [2.24, 2.45) is 5.14 Å². The lowest BCUT2D eigenvalue weighted by molar-refractivity contribution is 0.0938. The van der Waals surface area contributed by atoms with E-state index in [4.69, 9.17) is 16.7 Å². The average molecular weight is 305 g/mol. The molecule has 7 heteroatoms. The van der Waals surface area contributed by atoms with Crippen molar-refractivity contribution < 1.29 is 13.2 Å². The van der Waals surface area contributed by atoms with Gasteiger partial charge in [-0.05, 0) is 31.5 Å². The first-order chi connectivity index (χ1) is 8.75. The zero-order chi connectivity index (χ0) is 14.6. The van der Waals surface area contributed by atoms with Gasteiger partial charge in [-0.3, -0.25) is 4.79 Å². The highest BCUT2D eigenvalue weighted by Crippen LogP contribution is 2.20. The summed E-state index contributed by atoms with van der Waals surface area (Å²) in [5, 5.41) is 7.97. The molecule has 5 nitrogen and oxygen atoms in total. The number of nitrogens with one attached hydrogen (secondary N) is 1. The van der Waals surface area contributed by atoms with Crippen molar-refractivity contribution >= 4 is 27.5 Å². The molecule has 19 heavy (non-hydrogen) atoms. The molecule has 0 aliphatic heterocycles. The third-order valence-corrected chi connectivity index (χ3v) is 3.85. The first-order valence-corrected chi connectivity index (χ1v) is 7.81. The van der Waals surface area contributed by atoms with Gasteiger partial charge in [-0.15, -0.1) is 0 Å². The Balaban J connectivity index is 3.03. The highest BCUT2D eigenvalue weighted by Gasteiger charge is 2.16. The largest absolute Gasteiger partial charge is 0.350 e. The van der Waals surface area contributed by atoms with Crippen molar-refractivity contribution in [1.82, 2.24) is 5.32 Å². The van der Waals surface area contributed by atoms with Gasteiger partial charge in [0.25, 0.3) is 5.91 Å². The molecule has 1 atom stereocenters. The van der Waals surface area contributed by atoms with Gasteiger partial charge >= 0.3 is 0 Å². The lowest BCUT2D eigenvalue weighted by Crippen LogP contribution is -2.32. The SMILES string of the molecule is CCCC(C)NC(=O)c1cc(S(N)(=O)=O)ccc1Cl. The second kappa shape index (κ2) is 6.36. The summed E-state index contributed by atoms with van der Waals surface area (Å²) < 4.78 is 22.5. The molecule has 0 bridgehead atoms. The lowest BCUT2D eigenvalue weighted by Gasteiger charge is -2.13. The van der Waals surface area contributed by atoms with E-state index < -0.39 is 15.9 Å². The van der Waals surface area contributed by atoms with Gasteiger partial charge in [-0.1, -0.05) is 24.9 Å². The molecule has 0 aromatic heterocycles. The molecule has 106 valence electrons. The summed E-state index contributed by atoms with van der Waals surface area (Å²) in [6, 6.07) is 3.79. The molecule has 1 aromatic rings. The minimum absolute atomic E-state index is 0.00768. The molecule has 0 saturated carbocycles. The van der Waals surface area contributed by atoms with Crippen molar-refractivity contribution in [2.45, 2.75) is 37.6 Å². The predicted molar refractivity (Wildman–Crippen MR) is 74.7 cm³/mol. The minimum Gasteiger partial charge on any atom is -0.350 e. The van der Waals surface area contributed by atoms with Gasteiger partial charge in [0.1, 0.15) is 0 Å². The standard InChI is InChI=1S/C12H17ClN2O3S/c1-3-4-8(2)15-12(16)10-7-9(19(14,17)18)5-6-11(10)13/h5-8H,3-4H2,1-2H3,(H,15,16)(H2,14,17,18). The van der Waals surface area contributed by atoms with Crippen LogP contribution >= 0.6 is 11.6 Å². The molecule has 1 amide bonds. The lowest BCUT2D eigenvalue weighted by atomic mass is 10.1. The normalized spacial score (nSPS) is 13.1. The fourth-order valence-electron chi connectivity index (χ4n) is 1.66. The smallest absolute Gasteiger partial charge is 0.253 e. The number of rotatable bonds is 5. The van der Waals surface area contributed by atoms with E-state index in [1.54, 1.807) is 0 Å². The molecule has 3 N–H and O–H groups in total. The van der Waals surface area contributed by atoms with Crippen molar-refractivity contribution in [3.63, 3.8) is 0 Å². The first-order valence-electron chi connectivity index (χ1n) is 5.89. The van der Waals surface area contributed by atoms with Crippen molar-refractivity contribution in [3.8, 4) is 0 Å². The van der Waals surface area contributed by atoms with Gasteiger partial charge < -0.3 is 5.32 Å². The molecule has 1 rings (SSSR count). The maximum atomic E-state index is 12.0. The van der Waals surface area contributed by atoms with Crippen LogP contribution in [0.3, 0.4) is 0 Å². The fraction of sp³-hybridized carbons (Fsp3) is 0.417. The van der Waals surface area contributed by atoms with E-state index in [-0.39, 0.29) is 21.5 Å². The maximum absolute atomic E-state index is 12.0. The Kier molecular flexibility index (Phi) is 5.34. The van der Waals surface area contributed by atoms with Gasteiger partial charge in [0.15, 0.2) is 0 Å². The van der Waals surface area contributed by atoms with E-state index in [1.807, 2.05) is 13.8 Å². The molecule has 0 aliphatic carbocycles. The number of halogens is 1. The highest BCUT2D eigenvalue weighted by atomic mass is 35.5. The van der Waals surface area contributed by atoms with Gasteiger partial charge in [0.2, 0.25) is 10.0 Å². The summed E-state index contributed by atoms with van der Waals surface area (Å²) in [6.07, 6.45) is 1.77. The Bertz CT molecular complexity index is 572. The fourth-order valence-corrected chi connectivity index (χ4v) is 2.41. The number of amides is 1.